The van der Waals surface area contributed by atoms with Crippen LogP contribution in [0.15, 0.2) is 35.1 Å². The van der Waals surface area contributed by atoms with E-state index in [1.54, 1.807) is 31.1 Å². The van der Waals surface area contributed by atoms with E-state index in [1.807, 2.05) is 0 Å². The van der Waals surface area contributed by atoms with Gasteiger partial charge in [-0.1, -0.05) is 12.1 Å². The SMILES string of the molecule is CN(C)c1nc(C(N)=O)cc(=O)n1[C@@H](c1ccc(OC(F)F)cc1)C1CC1. The summed E-state index contributed by atoms with van der Waals surface area (Å²) >= 11 is 0. The van der Waals surface area contributed by atoms with Gasteiger partial charge in [0.05, 0.1) is 6.04 Å². The minimum atomic E-state index is -2.90. The van der Waals surface area contributed by atoms with Crippen molar-refractivity contribution in [3.05, 3.63) is 51.9 Å². The first-order chi connectivity index (χ1) is 12.8. The Kier molecular flexibility index (Phi) is 5.11. The summed E-state index contributed by atoms with van der Waals surface area (Å²) < 4.78 is 30.6. The molecule has 1 aromatic carbocycles. The maximum atomic E-state index is 12.8. The van der Waals surface area contributed by atoms with E-state index in [4.69, 9.17) is 5.73 Å². The normalized spacial score (nSPS) is 14.9. The van der Waals surface area contributed by atoms with E-state index in [2.05, 4.69) is 9.72 Å². The molecule has 1 aliphatic rings. The number of primary amides is 1. The number of alkyl halides is 2. The molecule has 0 bridgehead atoms. The van der Waals surface area contributed by atoms with Gasteiger partial charge in [-0.3, -0.25) is 14.2 Å². The van der Waals surface area contributed by atoms with Gasteiger partial charge in [0.2, 0.25) is 5.95 Å². The number of benzene rings is 1. The van der Waals surface area contributed by atoms with Crippen molar-refractivity contribution < 1.29 is 18.3 Å². The fourth-order valence-electron chi connectivity index (χ4n) is 3.07. The van der Waals surface area contributed by atoms with Crippen LogP contribution in [0, 0.1) is 5.92 Å². The summed E-state index contributed by atoms with van der Waals surface area (Å²) in [5.74, 6) is -0.213. The van der Waals surface area contributed by atoms with Crippen molar-refractivity contribution in [1.29, 1.82) is 0 Å². The van der Waals surface area contributed by atoms with E-state index < -0.39 is 18.1 Å². The largest absolute Gasteiger partial charge is 0.435 e. The number of aromatic nitrogens is 2. The van der Waals surface area contributed by atoms with Gasteiger partial charge in [-0.2, -0.15) is 8.78 Å². The first-order valence-corrected chi connectivity index (χ1v) is 8.43. The molecule has 2 aromatic rings. The fourth-order valence-corrected chi connectivity index (χ4v) is 3.07. The number of carbonyl (C=O) groups excluding carboxylic acids is 1. The lowest BCUT2D eigenvalue weighted by Crippen LogP contribution is -2.34. The minimum Gasteiger partial charge on any atom is -0.435 e. The van der Waals surface area contributed by atoms with Gasteiger partial charge in [-0.25, -0.2) is 4.98 Å². The lowest BCUT2D eigenvalue weighted by Gasteiger charge is -2.26. The van der Waals surface area contributed by atoms with E-state index in [9.17, 15) is 18.4 Å². The summed E-state index contributed by atoms with van der Waals surface area (Å²) in [5, 5.41) is 0. The Morgan fingerprint density at radius 3 is 2.41 bits per heavy atom. The third kappa shape index (κ3) is 4.07. The Morgan fingerprint density at radius 1 is 1.30 bits per heavy atom. The van der Waals surface area contributed by atoms with Crippen LogP contribution in [0.2, 0.25) is 0 Å². The molecular formula is C18H20F2N4O3. The highest BCUT2D eigenvalue weighted by molar-refractivity contribution is 5.90. The standard InChI is InChI=1S/C18H20F2N4O3/c1-23(2)18-22-13(16(21)26)9-14(25)24(18)15(10-3-4-10)11-5-7-12(8-6-11)27-17(19)20/h5-10,15,17H,3-4H2,1-2H3,(H2,21,26)/t15-/m1/s1. The Hall–Kier alpha value is -2.97. The molecule has 1 amide bonds. The smallest absolute Gasteiger partial charge is 0.387 e. The molecule has 7 nitrogen and oxygen atoms in total. The second-order valence-corrected chi connectivity index (χ2v) is 6.64. The maximum Gasteiger partial charge on any atom is 0.387 e. The number of ether oxygens (including phenoxy) is 1. The van der Waals surface area contributed by atoms with Gasteiger partial charge in [0.15, 0.2) is 0 Å². The van der Waals surface area contributed by atoms with Crippen LogP contribution in [0.1, 0.15) is 34.9 Å². The molecule has 0 unspecified atom stereocenters. The number of amides is 1. The maximum absolute atomic E-state index is 12.8. The van der Waals surface area contributed by atoms with Gasteiger partial charge in [-0.15, -0.1) is 0 Å². The van der Waals surface area contributed by atoms with Crippen molar-refractivity contribution in [1.82, 2.24) is 9.55 Å². The second kappa shape index (κ2) is 7.34. The molecule has 1 atom stereocenters. The van der Waals surface area contributed by atoms with Gasteiger partial charge in [0.1, 0.15) is 11.4 Å². The molecule has 1 fully saturated rings. The summed E-state index contributed by atoms with van der Waals surface area (Å²) in [6, 6.07) is 7.01. The van der Waals surface area contributed by atoms with Crippen LogP contribution in [0.5, 0.6) is 5.75 Å². The molecule has 1 heterocycles. The van der Waals surface area contributed by atoms with Crippen LogP contribution < -0.4 is 20.9 Å². The van der Waals surface area contributed by atoms with Crippen molar-refractivity contribution in [2.75, 3.05) is 19.0 Å². The third-order valence-corrected chi connectivity index (χ3v) is 4.38. The van der Waals surface area contributed by atoms with Crippen LogP contribution in [-0.2, 0) is 0 Å². The number of halogens is 2. The first-order valence-electron chi connectivity index (χ1n) is 8.43. The van der Waals surface area contributed by atoms with Crippen LogP contribution in [-0.4, -0.2) is 36.2 Å². The van der Waals surface area contributed by atoms with Crippen LogP contribution in [0.4, 0.5) is 14.7 Å². The van der Waals surface area contributed by atoms with Crippen molar-refractivity contribution in [3.63, 3.8) is 0 Å². The highest BCUT2D eigenvalue weighted by Crippen LogP contribution is 2.44. The average molecular weight is 378 g/mol. The summed E-state index contributed by atoms with van der Waals surface area (Å²) in [6.07, 6.45) is 1.85. The molecular weight excluding hydrogens is 358 g/mol. The summed E-state index contributed by atoms with van der Waals surface area (Å²) in [6.45, 7) is -2.90. The van der Waals surface area contributed by atoms with E-state index in [-0.39, 0.29) is 23.4 Å². The summed E-state index contributed by atoms with van der Waals surface area (Å²) in [5.41, 5.74) is 5.55. The molecule has 9 heteroatoms. The molecule has 0 radical (unpaired) electrons. The zero-order valence-electron chi connectivity index (χ0n) is 14.9. The lowest BCUT2D eigenvalue weighted by atomic mass is 10.0. The molecule has 0 saturated heterocycles. The molecule has 0 aliphatic heterocycles. The number of hydrogen-bond donors (Lipinski definition) is 1. The van der Waals surface area contributed by atoms with Crippen LogP contribution >= 0.6 is 0 Å². The number of hydrogen-bond acceptors (Lipinski definition) is 5. The van der Waals surface area contributed by atoms with Gasteiger partial charge in [0, 0.05) is 20.2 Å². The van der Waals surface area contributed by atoms with Gasteiger partial charge in [-0.05, 0) is 36.5 Å². The number of anilines is 1. The third-order valence-electron chi connectivity index (χ3n) is 4.38. The molecule has 3 rings (SSSR count). The lowest BCUT2D eigenvalue weighted by molar-refractivity contribution is -0.0498. The number of nitrogens with zero attached hydrogens (tertiary/aromatic N) is 3. The molecule has 0 spiro atoms. The van der Waals surface area contributed by atoms with Crippen LogP contribution in [0.25, 0.3) is 0 Å². The van der Waals surface area contributed by atoms with E-state index in [0.29, 0.717) is 5.95 Å². The number of nitrogens with two attached hydrogens (primary N) is 1. The number of rotatable bonds is 7. The second-order valence-electron chi connectivity index (χ2n) is 6.64. The average Bonchev–Trinajstić information content (AvgIpc) is 3.41. The summed E-state index contributed by atoms with van der Waals surface area (Å²) in [4.78, 5) is 30.1. The Morgan fingerprint density at radius 2 is 1.93 bits per heavy atom. The van der Waals surface area contributed by atoms with E-state index >= 15 is 0 Å². The molecule has 2 N–H and O–H groups in total. The van der Waals surface area contributed by atoms with Crippen molar-refractivity contribution in [2.45, 2.75) is 25.5 Å². The highest BCUT2D eigenvalue weighted by Gasteiger charge is 2.36. The fraction of sp³-hybridized carbons (Fsp3) is 0.389. The van der Waals surface area contributed by atoms with Crippen molar-refractivity contribution >= 4 is 11.9 Å². The van der Waals surface area contributed by atoms with Crippen molar-refractivity contribution in [2.24, 2.45) is 11.7 Å². The predicted molar refractivity (Wildman–Crippen MR) is 95.3 cm³/mol. The summed E-state index contributed by atoms with van der Waals surface area (Å²) in [7, 11) is 3.43. The Balaban J connectivity index is 2.08. The van der Waals surface area contributed by atoms with Gasteiger partial charge in [0.25, 0.3) is 11.5 Å². The monoisotopic (exact) mass is 378 g/mol. The highest BCUT2D eigenvalue weighted by atomic mass is 19.3. The Labute approximate surface area is 154 Å². The zero-order chi connectivity index (χ0) is 19.7. The predicted octanol–water partition coefficient (Wildman–Crippen LogP) is 2.01. The van der Waals surface area contributed by atoms with Gasteiger partial charge >= 0.3 is 6.61 Å². The van der Waals surface area contributed by atoms with Gasteiger partial charge < -0.3 is 15.4 Å². The minimum absolute atomic E-state index is 0.0469. The quantitative estimate of drug-likeness (QED) is 0.796. The molecule has 1 saturated carbocycles. The molecule has 1 aliphatic carbocycles. The zero-order valence-corrected chi connectivity index (χ0v) is 14.9. The number of carbonyl (C=O) groups is 1. The topological polar surface area (TPSA) is 90.5 Å². The molecule has 1 aromatic heterocycles. The molecule has 144 valence electrons. The Bertz CT molecular complexity index is 892. The van der Waals surface area contributed by atoms with Crippen LogP contribution in [0.3, 0.4) is 0 Å². The van der Waals surface area contributed by atoms with E-state index in [0.717, 1.165) is 24.5 Å². The van der Waals surface area contributed by atoms with Crippen molar-refractivity contribution in [3.8, 4) is 5.75 Å². The van der Waals surface area contributed by atoms with E-state index in [1.165, 1.54) is 16.7 Å². The first kappa shape index (κ1) is 18.8. The molecule has 27 heavy (non-hydrogen) atoms.